The Labute approximate surface area is 161 Å². The van der Waals surface area contributed by atoms with Crippen LogP contribution in [0.5, 0.6) is 0 Å². The van der Waals surface area contributed by atoms with Crippen LogP contribution in [0.3, 0.4) is 0 Å². The van der Waals surface area contributed by atoms with E-state index in [2.05, 4.69) is 9.97 Å². The Morgan fingerprint density at radius 3 is 2.46 bits per heavy atom. The normalized spacial score (nSPS) is 19.0. The van der Waals surface area contributed by atoms with E-state index in [0.29, 0.717) is 38.3 Å². The zero-order valence-corrected chi connectivity index (χ0v) is 15.6. The van der Waals surface area contributed by atoms with Crippen LogP contribution in [0.2, 0.25) is 0 Å². The van der Waals surface area contributed by atoms with Crippen molar-refractivity contribution in [1.82, 2.24) is 19.8 Å². The van der Waals surface area contributed by atoms with Crippen LogP contribution in [0.15, 0.2) is 41.2 Å². The molecule has 146 valence electrons. The molecule has 4 rings (SSSR count). The third-order valence-electron chi connectivity index (χ3n) is 5.58. The van der Waals surface area contributed by atoms with Gasteiger partial charge in [0.15, 0.2) is 0 Å². The molecule has 3 amide bonds. The Hall–Kier alpha value is -3.36. The number of likely N-dealkylation sites (N-methyl/N-ethyl adjacent to an activating group) is 1. The molecule has 2 fully saturated rings. The Morgan fingerprint density at radius 1 is 1.14 bits per heavy atom. The number of aromatic amines is 1. The molecule has 9 nitrogen and oxygen atoms in total. The Balaban J connectivity index is 1.59. The number of nitrogens with two attached hydrogens (primary N) is 1. The number of rotatable bonds is 3. The minimum absolute atomic E-state index is 0.0559. The highest BCUT2D eigenvalue weighted by Crippen LogP contribution is 2.38. The Bertz CT molecular complexity index is 965. The maximum absolute atomic E-state index is 13.0. The van der Waals surface area contributed by atoms with Crippen LogP contribution in [-0.2, 0) is 11.3 Å². The number of aromatic nitrogens is 2. The summed E-state index contributed by atoms with van der Waals surface area (Å²) in [4.78, 5) is 48.9. The third kappa shape index (κ3) is 2.88. The van der Waals surface area contributed by atoms with Gasteiger partial charge in [0.1, 0.15) is 11.4 Å². The van der Waals surface area contributed by atoms with Gasteiger partial charge < -0.3 is 15.5 Å². The van der Waals surface area contributed by atoms with Crippen molar-refractivity contribution in [2.24, 2.45) is 0 Å². The average Bonchev–Trinajstić information content (AvgIpc) is 2.85. The van der Waals surface area contributed by atoms with E-state index in [9.17, 15) is 14.4 Å². The minimum Gasteiger partial charge on any atom is -0.369 e. The lowest BCUT2D eigenvalue weighted by Gasteiger charge is -2.42. The number of nitrogen functional groups attached to an aromatic ring is 1. The summed E-state index contributed by atoms with van der Waals surface area (Å²) in [7, 11) is 1.53. The first-order valence-electron chi connectivity index (χ1n) is 9.16. The van der Waals surface area contributed by atoms with Gasteiger partial charge in [-0.25, -0.2) is 4.79 Å². The lowest BCUT2D eigenvalue weighted by molar-refractivity contribution is -0.133. The quantitative estimate of drug-likeness (QED) is 0.758. The van der Waals surface area contributed by atoms with Gasteiger partial charge in [-0.1, -0.05) is 30.3 Å². The van der Waals surface area contributed by atoms with E-state index in [1.165, 1.54) is 18.0 Å². The lowest BCUT2D eigenvalue weighted by Crippen LogP contribution is -2.56. The maximum atomic E-state index is 13.0. The average molecular weight is 382 g/mol. The molecule has 0 saturated carbocycles. The van der Waals surface area contributed by atoms with Crippen LogP contribution in [0.1, 0.15) is 18.4 Å². The van der Waals surface area contributed by atoms with E-state index in [1.807, 2.05) is 35.2 Å². The summed E-state index contributed by atoms with van der Waals surface area (Å²) >= 11 is 0. The van der Waals surface area contributed by atoms with Crippen LogP contribution in [0.4, 0.5) is 16.6 Å². The number of urea groups is 1. The summed E-state index contributed by atoms with van der Waals surface area (Å²) in [6.45, 7) is 1.37. The van der Waals surface area contributed by atoms with Crippen molar-refractivity contribution in [3.8, 4) is 0 Å². The molecule has 3 heterocycles. The number of hydrogen-bond donors (Lipinski definition) is 2. The number of piperidine rings is 1. The van der Waals surface area contributed by atoms with Crippen molar-refractivity contribution >= 4 is 23.7 Å². The predicted molar refractivity (Wildman–Crippen MR) is 104 cm³/mol. The van der Waals surface area contributed by atoms with Crippen molar-refractivity contribution in [3.05, 3.63) is 52.3 Å². The van der Waals surface area contributed by atoms with Crippen molar-refractivity contribution in [1.29, 1.82) is 0 Å². The van der Waals surface area contributed by atoms with Crippen molar-refractivity contribution in [2.75, 3.05) is 30.8 Å². The molecular weight excluding hydrogens is 360 g/mol. The Kier molecular flexibility index (Phi) is 4.29. The molecule has 9 heteroatoms. The van der Waals surface area contributed by atoms with E-state index < -0.39 is 5.54 Å². The number of nitrogens with one attached hydrogen (secondary N) is 1. The van der Waals surface area contributed by atoms with Crippen LogP contribution in [0.25, 0.3) is 0 Å². The smallest absolute Gasteiger partial charge is 0.327 e. The number of anilines is 2. The van der Waals surface area contributed by atoms with E-state index in [4.69, 9.17) is 5.73 Å². The zero-order valence-electron chi connectivity index (χ0n) is 15.6. The van der Waals surface area contributed by atoms with Crippen molar-refractivity contribution < 1.29 is 9.59 Å². The van der Waals surface area contributed by atoms with Crippen LogP contribution in [-0.4, -0.2) is 57.4 Å². The molecule has 1 aromatic carbocycles. The molecule has 2 aliphatic rings. The van der Waals surface area contributed by atoms with Crippen molar-refractivity contribution in [3.63, 3.8) is 0 Å². The molecule has 1 spiro atoms. The summed E-state index contributed by atoms with van der Waals surface area (Å²) in [5.41, 5.74) is 5.43. The van der Waals surface area contributed by atoms with Gasteiger partial charge in [0.25, 0.3) is 11.5 Å². The monoisotopic (exact) mass is 382 g/mol. The first-order valence-corrected chi connectivity index (χ1v) is 9.16. The predicted octanol–water partition coefficient (Wildman–Crippen LogP) is 0.785. The van der Waals surface area contributed by atoms with Gasteiger partial charge in [0.2, 0.25) is 5.95 Å². The van der Waals surface area contributed by atoms with E-state index in [0.717, 1.165) is 5.56 Å². The number of H-pyrrole nitrogens is 1. The van der Waals surface area contributed by atoms with Gasteiger partial charge in [0, 0.05) is 32.7 Å². The molecule has 0 radical (unpaired) electrons. The van der Waals surface area contributed by atoms with Gasteiger partial charge >= 0.3 is 6.03 Å². The maximum Gasteiger partial charge on any atom is 0.327 e. The highest BCUT2D eigenvalue weighted by molar-refractivity contribution is 6.06. The summed E-state index contributed by atoms with van der Waals surface area (Å²) in [5, 5.41) is 0. The van der Waals surface area contributed by atoms with Gasteiger partial charge in [-0.15, -0.1) is 0 Å². The van der Waals surface area contributed by atoms with E-state index >= 15 is 0 Å². The number of imide groups is 1. The molecule has 0 bridgehead atoms. The van der Waals surface area contributed by atoms with Gasteiger partial charge in [-0.05, 0) is 18.4 Å². The molecule has 0 atom stereocenters. The number of carbonyl (C=O) groups excluding carboxylic acids is 2. The fourth-order valence-electron chi connectivity index (χ4n) is 4.08. The topological polar surface area (TPSA) is 116 Å². The van der Waals surface area contributed by atoms with Gasteiger partial charge in [-0.3, -0.25) is 19.5 Å². The van der Waals surface area contributed by atoms with Crippen LogP contribution in [0, 0.1) is 0 Å². The molecule has 3 N–H and O–H groups in total. The first kappa shape index (κ1) is 18.0. The molecule has 2 aromatic rings. The van der Waals surface area contributed by atoms with Gasteiger partial charge in [-0.2, -0.15) is 4.98 Å². The summed E-state index contributed by atoms with van der Waals surface area (Å²) in [5.74, 6) is 0.364. The summed E-state index contributed by atoms with van der Waals surface area (Å²) in [6, 6.07) is 10.8. The molecule has 28 heavy (non-hydrogen) atoms. The molecule has 0 aliphatic carbocycles. The molecule has 0 unspecified atom stereocenters. The number of amides is 3. The largest absolute Gasteiger partial charge is 0.369 e. The number of nitrogens with zero attached hydrogens (tertiary/aromatic N) is 4. The highest BCUT2D eigenvalue weighted by Gasteiger charge is 2.56. The highest BCUT2D eigenvalue weighted by atomic mass is 16.2. The second-order valence-electron chi connectivity index (χ2n) is 7.23. The van der Waals surface area contributed by atoms with Crippen LogP contribution >= 0.6 is 0 Å². The second-order valence-corrected chi connectivity index (χ2v) is 7.23. The molecular formula is C19H22N6O3. The second kappa shape index (κ2) is 6.66. The van der Waals surface area contributed by atoms with E-state index in [1.54, 1.807) is 4.90 Å². The number of carbonyl (C=O) groups is 2. The fourth-order valence-corrected chi connectivity index (χ4v) is 4.08. The minimum atomic E-state index is -0.870. The molecule has 1 aromatic heterocycles. The molecule has 2 aliphatic heterocycles. The fraction of sp³-hybridized carbons (Fsp3) is 0.368. The van der Waals surface area contributed by atoms with Crippen molar-refractivity contribution in [2.45, 2.75) is 24.9 Å². The first-order chi connectivity index (χ1) is 13.4. The Morgan fingerprint density at radius 2 is 1.82 bits per heavy atom. The zero-order chi connectivity index (χ0) is 19.9. The SMILES string of the molecule is CN1C(=O)N(Cc2ccccc2)C2(CCN(c3cc(=O)[nH]c(N)n3)CC2)C1=O. The lowest BCUT2D eigenvalue weighted by atomic mass is 9.85. The van der Waals surface area contributed by atoms with Crippen LogP contribution < -0.4 is 16.2 Å². The summed E-state index contributed by atoms with van der Waals surface area (Å²) < 4.78 is 0. The molecule has 2 saturated heterocycles. The summed E-state index contributed by atoms with van der Waals surface area (Å²) in [6.07, 6.45) is 0.923. The third-order valence-corrected chi connectivity index (χ3v) is 5.58. The van der Waals surface area contributed by atoms with Gasteiger partial charge in [0.05, 0.1) is 0 Å². The standard InChI is InChI=1S/C19H22N6O3/c1-23-16(27)19(25(18(23)28)12-13-5-3-2-4-6-13)7-9-24(10-8-19)14-11-15(26)22-17(20)21-14/h2-6,11H,7-10,12H2,1H3,(H3,20,21,22,26). The number of hydrogen-bond acceptors (Lipinski definition) is 6. The van der Waals surface area contributed by atoms with E-state index in [-0.39, 0.29) is 23.4 Å². The number of benzene rings is 1.